The molecule has 3 aromatic carbocycles. The van der Waals surface area contributed by atoms with E-state index in [-0.39, 0.29) is 11.3 Å². The van der Waals surface area contributed by atoms with Gasteiger partial charge in [0.15, 0.2) is 0 Å². The van der Waals surface area contributed by atoms with Crippen molar-refractivity contribution in [2.75, 3.05) is 19.1 Å². The molecule has 1 aliphatic rings. The Bertz CT molecular complexity index is 1200. The highest BCUT2D eigenvalue weighted by molar-refractivity contribution is 6.51. The standard InChI is InChI=1S/C26H23NO5/c1-16-5-4-6-19(15-16)27-23(17-7-11-20(31-2)12-8-17)22(25(29)26(27)30)24(28)18-9-13-21(32-3)14-10-18/h4-15,23,28H,1-3H3/b24-22+. The third-order valence-electron chi connectivity index (χ3n) is 5.52. The van der Waals surface area contributed by atoms with Gasteiger partial charge in [-0.3, -0.25) is 14.5 Å². The molecule has 1 aliphatic heterocycles. The number of benzene rings is 3. The predicted octanol–water partition coefficient (Wildman–Crippen LogP) is 4.64. The van der Waals surface area contributed by atoms with Gasteiger partial charge in [-0.15, -0.1) is 0 Å². The van der Waals surface area contributed by atoms with Crippen LogP contribution in [0.15, 0.2) is 78.4 Å². The average Bonchev–Trinajstić information content (AvgIpc) is 3.09. The Kier molecular flexibility index (Phi) is 5.69. The third-order valence-corrected chi connectivity index (χ3v) is 5.52. The molecule has 4 rings (SSSR count). The van der Waals surface area contributed by atoms with E-state index in [1.54, 1.807) is 68.8 Å². The van der Waals surface area contributed by atoms with Gasteiger partial charge in [0.05, 0.1) is 25.8 Å². The number of aryl methyl sites for hydroxylation is 1. The van der Waals surface area contributed by atoms with Crippen LogP contribution in [-0.2, 0) is 9.59 Å². The first kappa shape index (κ1) is 21.2. The number of nitrogens with zero attached hydrogens (tertiary/aromatic N) is 1. The molecule has 1 saturated heterocycles. The number of hydrogen-bond acceptors (Lipinski definition) is 5. The number of carbonyl (C=O) groups excluding carboxylic acids is 2. The van der Waals surface area contributed by atoms with Gasteiger partial charge in [0.2, 0.25) is 0 Å². The summed E-state index contributed by atoms with van der Waals surface area (Å²) in [7, 11) is 3.11. The van der Waals surface area contributed by atoms with Crippen molar-refractivity contribution in [3.8, 4) is 11.5 Å². The topological polar surface area (TPSA) is 76.1 Å². The van der Waals surface area contributed by atoms with E-state index < -0.39 is 17.7 Å². The maximum Gasteiger partial charge on any atom is 0.300 e. The Morgan fingerprint density at radius 1 is 0.875 bits per heavy atom. The number of Topliss-reactive ketones (excluding diaryl/α,β-unsaturated/α-hetero) is 1. The van der Waals surface area contributed by atoms with Crippen molar-refractivity contribution in [1.29, 1.82) is 0 Å². The molecule has 0 spiro atoms. The third kappa shape index (κ3) is 3.71. The zero-order chi connectivity index (χ0) is 22.8. The molecule has 0 saturated carbocycles. The van der Waals surface area contributed by atoms with Crippen molar-refractivity contribution < 1.29 is 24.2 Å². The zero-order valence-electron chi connectivity index (χ0n) is 18.0. The van der Waals surface area contributed by atoms with E-state index >= 15 is 0 Å². The van der Waals surface area contributed by atoms with E-state index in [0.29, 0.717) is 28.3 Å². The molecule has 1 heterocycles. The van der Waals surface area contributed by atoms with Gasteiger partial charge in [0.1, 0.15) is 17.3 Å². The van der Waals surface area contributed by atoms with E-state index in [2.05, 4.69) is 0 Å². The maximum atomic E-state index is 13.2. The molecule has 1 atom stereocenters. The molecule has 162 valence electrons. The van der Waals surface area contributed by atoms with Gasteiger partial charge in [0, 0.05) is 11.3 Å². The highest BCUT2D eigenvalue weighted by Crippen LogP contribution is 2.42. The van der Waals surface area contributed by atoms with E-state index in [9.17, 15) is 14.7 Å². The lowest BCUT2D eigenvalue weighted by Crippen LogP contribution is -2.29. The summed E-state index contributed by atoms with van der Waals surface area (Å²) in [5.74, 6) is -0.390. The molecule has 0 aromatic heterocycles. The van der Waals surface area contributed by atoms with Crippen molar-refractivity contribution >= 4 is 23.1 Å². The van der Waals surface area contributed by atoms with Crippen molar-refractivity contribution in [3.05, 3.63) is 95.1 Å². The predicted molar refractivity (Wildman–Crippen MR) is 122 cm³/mol. The van der Waals surface area contributed by atoms with E-state index in [4.69, 9.17) is 9.47 Å². The highest BCUT2D eigenvalue weighted by Gasteiger charge is 2.47. The number of methoxy groups -OCH3 is 2. The minimum atomic E-state index is -0.787. The second kappa shape index (κ2) is 8.59. The van der Waals surface area contributed by atoms with Gasteiger partial charge in [-0.2, -0.15) is 0 Å². The maximum absolute atomic E-state index is 13.2. The monoisotopic (exact) mass is 429 g/mol. The minimum absolute atomic E-state index is 0.0341. The summed E-state index contributed by atoms with van der Waals surface area (Å²) in [6.45, 7) is 1.92. The SMILES string of the molecule is COc1ccc(/C(O)=C2\C(=O)C(=O)N(c3cccc(C)c3)C2c2ccc(OC)cc2)cc1. The van der Waals surface area contributed by atoms with Crippen LogP contribution < -0.4 is 14.4 Å². The summed E-state index contributed by atoms with van der Waals surface area (Å²) < 4.78 is 10.4. The lowest BCUT2D eigenvalue weighted by atomic mass is 9.95. The molecular weight excluding hydrogens is 406 g/mol. The lowest BCUT2D eigenvalue weighted by molar-refractivity contribution is -0.132. The minimum Gasteiger partial charge on any atom is -0.507 e. The fourth-order valence-electron chi connectivity index (χ4n) is 3.88. The summed E-state index contributed by atoms with van der Waals surface area (Å²) in [5.41, 5.74) is 2.68. The molecule has 0 aliphatic carbocycles. The quantitative estimate of drug-likeness (QED) is 0.363. The fraction of sp³-hybridized carbons (Fsp3) is 0.154. The normalized spacial score (nSPS) is 17.5. The average molecular weight is 429 g/mol. The summed E-state index contributed by atoms with van der Waals surface area (Å²) >= 11 is 0. The summed E-state index contributed by atoms with van der Waals surface area (Å²) in [6, 6.07) is 20.4. The Morgan fingerprint density at radius 3 is 2.03 bits per heavy atom. The first-order valence-electron chi connectivity index (χ1n) is 10.1. The number of aliphatic hydroxyl groups excluding tert-OH is 1. The first-order valence-corrected chi connectivity index (χ1v) is 10.1. The zero-order valence-corrected chi connectivity index (χ0v) is 18.0. The van der Waals surface area contributed by atoms with Gasteiger partial charge >= 0.3 is 0 Å². The number of anilines is 1. The molecule has 6 heteroatoms. The van der Waals surface area contributed by atoms with E-state index in [0.717, 1.165) is 5.56 Å². The van der Waals surface area contributed by atoms with Crippen LogP contribution in [0, 0.1) is 6.92 Å². The van der Waals surface area contributed by atoms with Crippen LogP contribution in [0.2, 0.25) is 0 Å². The van der Waals surface area contributed by atoms with Gasteiger partial charge in [-0.1, -0.05) is 24.3 Å². The van der Waals surface area contributed by atoms with Gasteiger partial charge in [0.25, 0.3) is 11.7 Å². The van der Waals surface area contributed by atoms with Crippen LogP contribution >= 0.6 is 0 Å². The Labute approximate surface area is 186 Å². The van der Waals surface area contributed by atoms with Crippen molar-refractivity contribution in [2.24, 2.45) is 0 Å². The van der Waals surface area contributed by atoms with Crippen molar-refractivity contribution in [1.82, 2.24) is 0 Å². The second-order valence-corrected chi connectivity index (χ2v) is 7.51. The van der Waals surface area contributed by atoms with Crippen LogP contribution in [0.1, 0.15) is 22.7 Å². The largest absolute Gasteiger partial charge is 0.507 e. The molecule has 3 aromatic rings. The number of ether oxygens (including phenoxy) is 2. The first-order chi connectivity index (χ1) is 15.4. The van der Waals surface area contributed by atoms with Gasteiger partial charge < -0.3 is 14.6 Å². The number of amides is 1. The Balaban J connectivity index is 1.91. The Hall–Kier alpha value is -4.06. The van der Waals surface area contributed by atoms with Crippen LogP contribution in [0.4, 0.5) is 5.69 Å². The molecule has 0 bridgehead atoms. The molecule has 1 fully saturated rings. The highest BCUT2D eigenvalue weighted by atomic mass is 16.5. The van der Waals surface area contributed by atoms with Crippen molar-refractivity contribution in [3.63, 3.8) is 0 Å². The summed E-state index contributed by atoms with van der Waals surface area (Å²) in [5, 5.41) is 11.1. The van der Waals surface area contributed by atoms with E-state index in [1.165, 1.54) is 4.90 Å². The van der Waals surface area contributed by atoms with Crippen LogP contribution in [-0.4, -0.2) is 31.0 Å². The molecule has 32 heavy (non-hydrogen) atoms. The number of rotatable bonds is 5. The second-order valence-electron chi connectivity index (χ2n) is 7.51. The van der Waals surface area contributed by atoms with E-state index in [1.807, 2.05) is 25.1 Å². The number of hydrogen-bond donors (Lipinski definition) is 1. The molecule has 6 nitrogen and oxygen atoms in total. The number of aliphatic hydroxyl groups is 1. The summed E-state index contributed by atoms with van der Waals surface area (Å²) in [4.78, 5) is 27.8. The number of carbonyl (C=O) groups is 2. The molecule has 1 N–H and O–H groups in total. The smallest absolute Gasteiger partial charge is 0.300 e. The molecule has 1 amide bonds. The van der Waals surface area contributed by atoms with Crippen LogP contribution in [0.5, 0.6) is 11.5 Å². The van der Waals surface area contributed by atoms with Crippen LogP contribution in [0.25, 0.3) is 5.76 Å². The molecule has 0 radical (unpaired) electrons. The fourth-order valence-corrected chi connectivity index (χ4v) is 3.88. The van der Waals surface area contributed by atoms with Crippen LogP contribution in [0.3, 0.4) is 0 Å². The summed E-state index contributed by atoms with van der Waals surface area (Å²) in [6.07, 6.45) is 0. The lowest BCUT2D eigenvalue weighted by Gasteiger charge is -2.26. The van der Waals surface area contributed by atoms with Crippen molar-refractivity contribution in [2.45, 2.75) is 13.0 Å². The molecular formula is C26H23NO5. The molecule has 1 unspecified atom stereocenters. The number of ketones is 1. The van der Waals surface area contributed by atoms with Gasteiger partial charge in [-0.05, 0) is 66.6 Å². The van der Waals surface area contributed by atoms with Gasteiger partial charge in [-0.25, -0.2) is 0 Å². The Morgan fingerprint density at radius 2 is 1.47 bits per heavy atom.